The van der Waals surface area contributed by atoms with Crippen molar-refractivity contribution in [3.8, 4) is 0 Å². The van der Waals surface area contributed by atoms with Gasteiger partial charge in [-0.05, 0) is 6.07 Å². The second kappa shape index (κ2) is 4.86. The molecular weight excluding hydrogens is 260 g/mol. The average Bonchev–Trinajstić information content (AvgIpc) is 2.59. The summed E-state index contributed by atoms with van der Waals surface area (Å²) in [6, 6.07) is 17.3. The van der Waals surface area contributed by atoms with Gasteiger partial charge < -0.3 is 0 Å². The molecule has 3 nitrogen and oxygen atoms in total. The van der Waals surface area contributed by atoms with E-state index in [1.807, 2.05) is 54.6 Å². The van der Waals surface area contributed by atoms with Crippen molar-refractivity contribution in [3.05, 3.63) is 65.7 Å². The fraction of sp³-hybridized carbons (Fsp3) is 0.0667. The summed E-state index contributed by atoms with van der Waals surface area (Å²) in [7, 11) is 0. The first-order valence-electron chi connectivity index (χ1n) is 5.95. The van der Waals surface area contributed by atoms with E-state index in [0.717, 1.165) is 21.3 Å². The molecule has 19 heavy (non-hydrogen) atoms. The Morgan fingerprint density at radius 3 is 2.47 bits per heavy atom. The lowest BCUT2D eigenvalue weighted by molar-refractivity contribution is -0.116. The molecule has 4 heteroatoms. The van der Waals surface area contributed by atoms with Gasteiger partial charge in [-0.2, -0.15) is 0 Å². The minimum Gasteiger partial charge on any atom is -0.274 e. The van der Waals surface area contributed by atoms with Gasteiger partial charge in [-0.1, -0.05) is 48.5 Å². The molecule has 0 atom stereocenters. The highest BCUT2D eigenvalue weighted by Gasteiger charge is 2.23. The number of rotatable bonds is 1. The molecule has 0 saturated carbocycles. The number of hydrogen-bond acceptors (Lipinski definition) is 2. The summed E-state index contributed by atoms with van der Waals surface area (Å²) in [4.78, 5) is 16.2. The van der Waals surface area contributed by atoms with Crippen molar-refractivity contribution in [1.82, 2.24) is 0 Å². The molecule has 1 heterocycles. The number of anilines is 1. The Hall–Kier alpha value is -2.13. The van der Waals surface area contributed by atoms with Crippen LogP contribution < -0.4 is 4.42 Å². The van der Waals surface area contributed by atoms with Gasteiger partial charge in [-0.15, -0.1) is 0 Å². The van der Waals surface area contributed by atoms with E-state index in [0.29, 0.717) is 5.69 Å². The van der Waals surface area contributed by atoms with Crippen LogP contribution in [0.25, 0.3) is 0 Å². The third kappa shape index (κ3) is 2.13. The van der Waals surface area contributed by atoms with Crippen LogP contribution in [-0.4, -0.2) is 18.2 Å². The van der Waals surface area contributed by atoms with Crippen LogP contribution in [0.1, 0.15) is 11.1 Å². The second-order valence-electron chi connectivity index (χ2n) is 4.22. The van der Waals surface area contributed by atoms with E-state index < -0.39 is 0 Å². The quantitative estimate of drug-likeness (QED) is 0.733. The Labute approximate surface area is 116 Å². The van der Waals surface area contributed by atoms with Gasteiger partial charge in [0.15, 0.2) is 0 Å². The average molecular weight is 271 g/mol. The van der Waals surface area contributed by atoms with Gasteiger partial charge >= 0.3 is 0 Å². The SMILES string of the molecule is O=C1CN=C(c2ccccc2)c2ccccc2N1Cl. The predicted octanol–water partition coefficient (Wildman–Crippen LogP) is 3.02. The first kappa shape index (κ1) is 11.9. The van der Waals surface area contributed by atoms with E-state index in [-0.39, 0.29) is 12.5 Å². The number of nitrogens with zero attached hydrogens (tertiary/aromatic N) is 2. The van der Waals surface area contributed by atoms with Crippen LogP contribution in [-0.2, 0) is 4.79 Å². The number of carbonyl (C=O) groups excluding carboxylic acids is 1. The van der Waals surface area contributed by atoms with Gasteiger partial charge in [0.2, 0.25) is 0 Å². The molecule has 1 aliphatic rings. The first-order chi connectivity index (χ1) is 9.27. The van der Waals surface area contributed by atoms with E-state index in [1.54, 1.807) is 0 Å². The molecule has 2 aromatic rings. The van der Waals surface area contributed by atoms with Gasteiger partial charge in [0, 0.05) is 22.9 Å². The van der Waals surface area contributed by atoms with E-state index in [9.17, 15) is 4.79 Å². The van der Waals surface area contributed by atoms with Gasteiger partial charge in [-0.25, -0.2) is 4.42 Å². The highest BCUT2D eigenvalue weighted by atomic mass is 35.5. The minimum absolute atomic E-state index is 0.0579. The van der Waals surface area contributed by atoms with E-state index in [1.165, 1.54) is 0 Å². The smallest absolute Gasteiger partial charge is 0.263 e. The van der Waals surface area contributed by atoms with E-state index in [2.05, 4.69) is 4.99 Å². The maximum atomic E-state index is 11.8. The number of aliphatic imine (C=N–C) groups is 1. The number of benzodiazepines with no additional fused rings is 1. The lowest BCUT2D eigenvalue weighted by atomic mass is 10.0. The summed E-state index contributed by atoms with van der Waals surface area (Å²) < 4.78 is 1.15. The van der Waals surface area contributed by atoms with E-state index >= 15 is 0 Å². The van der Waals surface area contributed by atoms with Crippen LogP contribution in [0.3, 0.4) is 0 Å². The molecule has 0 aromatic heterocycles. The minimum atomic E-state index is -0.222. The zero-order chi connectivity index (χ0) is 13.2. The molecule has 94 valence electrons. The number of hydrogen-bond donors (Lipinski definition) is 0. The van der Waals surface area contributed by atoms with Crippen molar-refractivity contribution in [1.29, 1.82) is 0 Å². The monoisotopic (exact) mass is 270 g/mol. The van der Waals surface area contributed by atoms with Crippen LogP contribution in [0.4, 0.5) is 5.69 Å². The standard InChI is InChI=1S/C15H11ClN2O/c16-18-13-9-5-4-8-12(13)15(17-10-14(18)19)11-6-2-1-3-7-11/h1-9H,10H2. The summed E-state index contributed by atoms with van der Waals surface area (Å²) >= 11 is 6.07. The zero-order valence-corrected chi connectivity index (χ0v) is 10.8. The number of fused-ring (bicyclic) bond motifs is 1. The fourth-order valence-corrected chi connectivity index (χ4v) is 2.32. The molecule has 0 saturated heterocycles. The largest absolute Gasteiger partial charge is 0.274 e. The number of amides is 1. The number of halogens is 1. The maximum absolute atomic E-state index is 11.8. The molecule has 2 aromatic carbocycles. The van der Waals surface area contributed by atoms with Crippen molar-refractivity contribution >= 4 is 29.1 Å². The van der Waals surface area contributed by atoms with Crippen LogP contribution >= 0.6 is 11.8 Å². The van der Waals surface area contributed by atoms with Crippen LogP contribution in [0.5, 0.6) is 0 Å². The second-order valence-corrected chi connectivity index (χ2v) is 4.56. The number of carbonyl (C=O) groups is 1. The number of benzene rings is 2. The molecule has 0 N–H and O–H groups in total. The molecular formula is C15H11ClN2O. The van der Waals surface area contributed by atoms with Crippen molar-refractivity contribution < 1.29 is 4.79 Å². The van der Waals surface area contributed by atoms with E-state index in [4.69, 9.17) is 11.8 Å². The summed E-state index contributed by atoms with van der Waals surface area (Å²) in [5.74, 6) is -0.222. The summed E-state index contributed by atoms with van der Waals surface area (Å²) in [5.41, 5.74) is 3.33. The zero-order valence-electron chi connectivity index (χ0n) is 10.1. The van der Waals surface area contributed by atoms with Crippen molar-refractivity contribution in [2.24, 2.45) is 4.99 Å². The Morgan fingerprint density at radius 2 is 1.68 bits per heavy atom. The third-order valence-electron chi connectivity index (χ3n) is 3.01. The first-order valence-corrected chi connectivity index (χ1v) is 6.29. The molecule has 3 rings (SSSR count). The predicted molar refractivity (Wildman–Crippen MR) is 76.7 cm³/mol. The van der Waals surface area contributed by atoms with Gasteiger partial charge in [0.05, 0.1) is 11.4 Å². The molecule has 0 radical (unpaired) electrons. The molecule has 0 aliphatic carbocycles. The topological polar surface area (TPSA) is 32.7 Å². The highest BCUT2D eigenvalue weighted by Crippen LogP contribution is 2.27. The van der Waals surface area contributed by atoms with Gasteiger partial charge in [0.1, 0.15) is 6.54 Å². The fourth-order valence-electron chi connectivity index (χ4n) is 2.12. The van der Waals surface area contributed by atoms with Crippen molar-refractivity contribution in [2.75, 3.05) is 11.0 Å². The summed E-state index contributed by atoms with van der Waals surface area (Å²) in [6.07, 6.45) is 0. The lowest BCUT2D eigenvalue weighted by Gasteiger charge is -2.14. The van der Waals surface area contributed by atoms with Crippen LogP contribution in [0.15, 0.2) is 59.6 Å². The molecule has 0 fully saturated rings. The lowest BCUT2D eigenvalue weighted by Crippen LogP contribution is -2.22. The Bertz CT molecular complexity index is 652. The van der Waals surface area contributed by atoms with Crippen LogP contribution in [0.2, 0.25) is 0 Å². The summed E-state index contributed by atoms with van der Waals surface area (Å²) in [6.45, 7) is 0.0579. The Kier molecular flexibility index (Phi) is 3.05. The van der Waals surface area contributed by atoms with Crippen molar-refractivity contribution in [2.45, 2.75) is 0 Å². The molecule has 0 spiro atoms. The van der Waals surface area contributed by atoms with Gasteiger partial charge in [0.25, 0.3) is 5.91 Å². The maximum Gasteiger partial charge on any atom is 0.263 e. The molecule has 0 unspecified atom stereocenters. The summed E-state index contributed by atoms with van der Waals surface area (Å²) in [5, 5.41) is 0. The Balaban J connectivity index is 2.20. The van der Waals surface area contributed by atoms with Crippen molar-refractivity contribution in [3.63, 3.8) is 0 Å². The Morgan fingerprint density at radius 1 is 1.00 bits per heavy atom. The molecule has 0 bridgehead atoms. The molecule has 1 aliphatic heterocycles. The highest BCUT2D eigenvalue weighted by molar-refractivity contribution is 6.39. The van der Waals surface area contributed by atoms with Crippen LogP contribution in [0, 0.1) is 0 Å². The normalized spacial score (nSPS) is 14.7. The molecule has 1 amide bonds. The number of para-hydroxylation sites is 1. The van der Waals surface area contributed by atoms with Gasteiger partial charge in [-0.3, -0.25) is 9.79 Å². The third-order valence-corrected chi connectivity index (χ3v) is 3.38.